The first-order valence-corrected chi connectivity index (χ1v) is 4.96. The highest BCUT2D eigenvalue weighted by molar-refractivity contribution is 9.10. The maximum atomic E-state index is 13.0. The third kappa shape index (κ3) is 2.25. The normalized spacial score (nSPS) is 10.1. The van der Waals surface area contributed by atoms with Crippen LogP contribution in [0.1, 0.15) is 10.4 Å². The standard InChI is InChI=1S/C9H8BrClFNO/c1-13(2)9(14)5-3-6(10)8(12)4-7(5)11/h3-4H,1-2H3. The van der Waals surface area contributed by atoms with E-state index < -0.39 is 5.82 Å². The Labute approximate surface area is 94.8 Å². The van der Waals surface area contributed by atoms with Crippen molar-refractivity contribution >= 4 is 33.4 Å². The fourth-order valence-corrected chi connectivity index (χ4v) is 1.50. The van der Waals surface area contributed by atoms with Crippen LogP contribution in [-0.4, -0.2) is 24.9 Å². The minimum Gasteiger partial charge on any atom is -0.345 e. The highest BCUT2D eigenvalue weighted by atomic mass is 79.9. The third-order valence-corrected chi connectivity index (χ3v) is 2.57. The van der Waals surface area contributed by atoms with Gasteiger partial charge in [0.25, 0.3) is 5.91 Å². The van der Waals surface area contributed by atoms with Crippen molar-refractivity contribution in [3.63, 3.8) is 0 Å². The van der Waals surface area contributed by atoms with Crippen LogP contribution in [0, 0.1) is 5.82 Å². The maximum absolute atomic E-state index is 13.0. The third-order valence-electron chi connectivity index (χ3n) is 1.65. The van der Waals surface area contributed by atoms with Gasteiger partial charge in [-0.2, -0.15) is 0 Å². The highest BCUT2D eigenvalue weighted by Crippen LogP contribution is 2.25. The second kappa shape index (κ2) is 4.28. The summed E-state index contributed by atoms with van der Waals surface area (Å²) in [5, 5.41) is 0.115. The first kappa shape index (κ1) is 11.5. The lowest BCUT2D eigenvalue weighted by Crippen LogP contribution is -2.22. The lowest BCUT2D eigenvalue weighted by molar-refractivity contribution is 0.0827. The molecule has 1 rings (SSSR count). The van der Waals surface area contributed by atoms with Crippen molar-refractivity contribution in [2.75, 3.05) is 14.1 Å². The van der Waals surface area contributed by atoms with Crippen molar-refractivity contribution in [3.05, 3.63) is 33.0 Å². The Balaban J connectivity index is 3.22. The summed E-state index contributed by atoms with van der Waals surface area (Å²) in [5.41, 5.74) is 0.282. The average molecular weight is 281 g/mol. The molecule has 1 amide bonds. The van der Waals surface area contributed by atoms with E-state index in [0.29, 0.717) is 0 Å². The number of hydrogen-bond acceptors (Lipinski definition) is 1. The predicted molar refractivity (Wildman–Crippen MR) is 57.1 cm³/mol. The number of amides is 1. The van der Waals surface area contributed by atoms with Gasteiger partial charge in [-0.05, 0) is 28.1 Å². The van der Waals surface area contributed by atoms with E-state index in [1.54, 1.807) is 14.1 Å². The van der Waals surface area contributed by atoms with Crippen molar-refractivity contribution in [2.45, 2.75) is 0 Å². The number of nitrogens with zero attached hydrogens (tertiary/aromatic N) is 1. The van der Waals surface area contributed by atoms with Crippen molar-refractivity contribution in [1.29, 1.82) is 0 Å². The second-order valence-corrected chi connectivity index (χ2v) is 4.21. The van der Waals surface area contributed by atoms with E-state index in [1.165, 1.54) is 11.0 Å². The molecule has 5 heteroatoms. The van der Waals surface area contributed by atoms with Gasteiger partial charge in [0, 0.05) is 14.1 Å². The zero-order valence-electron chi connectivity index (χ0n) is 7.64. The number of carbonyl (C=O) groups is 1. The van der Waals surface area contributed by atoms with Gasteiger partial charge >= 0.3 is 0 Å². The predicted octanol–water partition coefficient (Wildman–Crippen LogP) is 2.94. The van der Waals surface area contributed by atoms with Crippen LogP contribution in [0.25, 0.3) is 0 Å². The van der Waals surface area contributed by atoms with Crippen molar-refractivity contribution < 1.29 is 9.18 Å². The molecule has 0 saturated heterocycles. The molecule has 14 heavy (non-hydrogen) atoms. The molecule has 0 fully saturated rings. The number of carbonyl (C=O) groups excluding carboxylic acids is 1. The molecule has 0 saturated carbocycles. The molecule has 2 nitrogen and oxygen atoms in total. The van der Waals surface area contributed by atoms with Crippen LogP contribution >= 0.6 is 27.5 Å². The van der Waals surface area contributed by atoms with Gasteiger partial charge in [-0.3, -0.25) is 4.79 Å². The molecule has 0 unspecified atom stereocenters. The molecule has 0 N–H and O–H groups in total. The number of rotatable bonds is 1. The first-order valence-electron chi connectivity index (χ1n) is 3.79. The van der Waals surface area contributed by atoms with Gasteiger partial charge in [0.15, 0.2) is 0 Å². The van der Waals surface area contributed by atoms with Crippen molar-refractivity contribution in [2.24, 2.45) is 0 Å². The van der Waals surface area contributed by atoms with Crippen LogP contribution in [0.5, 0.6) is 0 Å². The van der Waals surface area contributed by atoms with E-state index in [-0.39, 0.29) is 21.0 Å². The van der Waals surface area contributed by atoms with Gasteiger partial charge in [-0.15, -0.1) is 0 Å². The fraction of sp³-hybridized carbons (Fsp3) is 0.222. The lowest BCUT2D eigenvalue weighted by atomic mass is 10.2. The number of halogens is 3. The number of hydrogen-bond donors (Lipinski definition) is 0. The molecule has 0 aliphatic heterocycles. The van der Waals surface area contributed by atoms with Gasteiger partial charge in [-0.1, -0.05) is 11.6 Å². The lowest BCUT2D eigenvalue weighted by Gasteiger charge is -2.11. The van der Waals surface area contributed by atoms with Gasteiger partial charge in [0.1, 0.15) is 5.82 Å². The van der Waals surface area contributed by atoms with E-state index in [9.17, 15) is 9.18 Å². The summed E-state index contributed by atoms with van der Waals surface area (Å²) < 4.78 is 13.2. The molecule has 1 aromatic rings. The number of benzene rings is 1. The zero-order valence-corrected chi connectivity index (χ0v) is 9.99. The topological polar surface area (TPSA) is 20.3 Å². The van der Waals surface area contributed by atoms with Crippen LogP contribution in [0.3, 0.4) is 0 Å². The Hall–Kier alpha value is -0.610. The monoisotopic (exact) mass is 279 g/mol. The molecule has 0 aliphatic carbocycles. The van der Waals surface area contributed by atoms with Crippen molar-refractivity contribution in [3.8, 4) is 0 Å². The largest absolute Gasteiger partial charge is 0.345 e. The molecular weight excluding hydrogens is 272 g/mol. The van der Waals surface area contributed by atoms with E-state index >= 15 is 0 Å². The molecule has 1 aromatic carbocycles. The van der Waals surface area contributed by atoms with Crippen LogP contribution in [0.15, 0.2) is 16.6 Å². The quantitative estimate of drug-likeness (QED) is 0.724. The van der Waals surface area contributed by atoms with E-state index in [1.807, 2.05) is 0 Å². The smallest absolute Gasteiger partial charge is 0.254 e. The summed E-state index contributed by atoms with van der Waals surface area (Å²) >= 11 is 8.73. The summed E-state index contributed by atoms with van der Waals surface area (Å²) in [7, 11) is 3.21. The summed E-state index contributed by atoms with van der Waals surface area (Å²) in [6, 6.07) is 2.49. The Morgan fingerprint density at radius 1 is 1.50 bits per heavy atom. The molecule has 0 heterocycles. The Kier molecular flexibility index (Phi) is 3.50. The summed E-state index contributed by atoms with van der Waals surface area (Å²) in [6.07, 6.45) is 0. The van der Waals surface area contributed by atoms with E-state index in [2.05, 4.69) is 15.9 Å². The summed E-state index contributed by atoms with van der Waals surface area (Å²) in [4.78, 5) is 12.9. The van der Waals surface area contributed by atoms with Gasteiger partial charge < -0.3 is 4.90 Å². The molecule has 0 spiro atoms. The van der Waals surface area contributed by atoms with Crippen LogP contribution in [-0.2, 0) is 0 Å². The summed E-state index contributed by atoms with van der Waals surface area (Å²) in [6.45, 7) is 0. The second-order valence-electron chi connectivity index (χ2n) is 2.95. The minimum absolute atomic E-state index is 0.115. The molecule has 0 aromatic heterocycles. The SMILES string of the molecule is CN(C)C(=O)c1cc(Br)c(F)cc1Cl. The average Bonchev–Trinajstić information content (AvgIpc) is 2.10. The van der Waals surface area contributed by atoms with Gasteiger partial charge in [0.2, 0.25) is 0 Å². The van der Waals surface area contributed by atoms with Gasteiger partial charge in [-0.25, -0.2) is 4.39 Å². The maximum Gasteiger partial charge on any atom is 0.254 e. The molecule has 0 radical (unpaired) electrons. The molecular formula is C9H8BrClFNO. The summed E-state index contributed by atoms with van der Waals surface area (Å²) in [5.74, 6) is -0.735. The van der Waals surface area contributed by atoms with E-state index in [0.717, 1.165) is 6.07 Å². The Bertz CT molecular complexity index is 381. The van der Waals surface area contributed by atoms with Crippen LogP contribution in [0.4, 0.5) is 4.39 Å². The zero-order chi connectivity index (χ0) is 10.9. The highest BCUT2D eigenvalue weighted by Gasteiger charge is 2.14. The fourth-order valence-electron chi connectivity index (χ4n) is 0.927. The van der Waals surface area contributed by atoms with Gasteiger partial charge in [0.05, 0.1) is 15.1 Å². The molecule has 76 valence electrons. The molecule has 0 aliphatic rings. The van der Waals surface area contributed by atoms with Crippen molar-refractivity contribution in [1.82, 2.24) is 4.90 Å². The van der Waals surface area contributed by atoms with Crippen LogP contribution in [0.2, 0.25) is 5.02 Å². The van der Waals surface area contributed by atoms with Crippen LogP contribution < -0.4 is 0 Å². The Morgan fingerprint density at radius 2 is 2.07 bits per heavy atom. The Morgan fingerprint density at radius 3 is 2.57 bits per heavy atom. The molecule has 0 bridgehead atoms. The minimum atomic E-state index is -0.481. The first-order chi connectivity index (χ1) is 6.43. The van der Waals surface area contributed by atoms with E-state index in [4.69, 9.17) is 11.6 Å². The molecule has 0 atom stereocenters.